The molecule has 0 N–H and O–H groups in total. The van der Waals surface area contributed by atoms with E-state index in [2.05, 4.69) is 29.2 Å². The van der Waals surface area contributed by atoms with Crippen LogP contribution in [0.5, 0.6) is 0 Å². The second-order valence-corrected chi connectivity index (χ2v) is 8.99. The van der Waals surface area contributed by atoms with E-state index in [1.165, 1.54) is 55.6 Å². The van der Waals surface area contributed by atoms with E-state index < -0.39 is 0 Å². The van der Waals surface area contributed by atoms with Crippen molar-refractivity contribution in [3.05, 3.63) is 71.0 Å². The first-order valence-corrected chi connectivity index (χ1v) is 11.5. The third-order valence-electron chi connectivity index (χ3n) is 6.61. The van der Waals surface area contributed by atoms with Gasteiger partial charge in [0.1, 0.15) is 5.82 Å². The van der Waals surface area contributed by atoms with Gasteiger partial charge in [0, 0.05) is 19.6 Å². The van der Waals surface area contributed by atoms with Crippen LogP contribution in [0.1, 0.15) is 48.8 Å². The Bertz CT molecular complexity index is 821. The fourth-order valence-electron chi connectivity index (χ4n) is 4.81. The van der Waals surface area contributed by atoms with E-state index in [0.717, 1.165) is 44.5 Å². The molecule has 0 aliphatic carbocycles. The average molecular weight is 409 g/mol. The van der Waals surface area contributed by atoms with E-state index in [1.54, 1.807) is 6.07 Å². The highest BCUT2D eigenvalue weighted by Crippen LogP contribution is 2.23. The van der Waals surface area contributed by atoms with Crippen molar-refractivity contribution in [2.75, 3.05) is 26.2 Å². The molecule has 160 valence electrons. The highest BCUT2D eigenvalue weighted by molar-refractivity contribution is 5.78. The van der Waals surface area contributed by atoms with Crippen molar-refractivity contribution in [1.82, 2.24) is 9.80 Å². The van der Waals surface area contributed by atoms with Gasteiger partial charge < -0.3 is 4.90 Å². The summed E-state index contributed by atoms with van der Waals surface area (Å²) >= 11 is 0. The van der Waals surface area contributed by atoms with E-state index in [1.807, 2.05) is 11.0 Å². The first-order chi connectivity index (χ1) is 14.7. The van der Waals surface area contributed by atoms with Crippen LogP contribution < -0.4 is 0 Å². The van der Waals surface area contributed by atoms with E-state index in [9.17, 15) is 9.18 Å². The Balaban J connectivity index is 1.22. The highest BCUT2D eigenvalue weighted by Gasteiger charge is 2.23. The predicted octanol–water partition coefficient (Wildman–Crippen LogP) is 4.84. The number of rotatable bonds is 6. The molecule has 2 aliphatic rings. The molecule has 0 bridgehead atoms. The number of carbonyl (C=O) groups is 1. The molecule has 0 atom stereocenters. The highest BCUT2D eigenvalue weighted by atomic mass is 19.1. The number of hydrogen-bond acceptors (Lipinski definition) is 2. The molecular formula is C26H33FN2O. The Labute approximate surface area is 179 Å². The Morgan fingerprint density at radius 3 is 2.27 bits per heavy atom. The van der Waals surface area contributed by atoms with Gasteiger partial charge in [-0.3, -0.25) is 9.69 Å². The molecule has 2 saturated heterocycles. The zero-order valence-electron chi connectivity index (χ0n) is 17.9. The molecule has 2 aromatic carbocycles. The van der Waals surface area contributed by atoms with E-state index >= 15 is 0 Å². The summed E-state index contributed by atoms with van der Waals surface area (Å²) < 4.78 is 13.3. The SMILES string of the molecule is O=C(Cc1cccc(F)c1)N1CCC(Cc2ccc(CN3CCCCC3)cc2)CC1. The molecule has 1 amide bonds. The number of nitrogens with zero attached hydrogens (tertiary/aromatic N) is 2. The lowest BCUT2D eigenvalue weighted by molar-refractivity contribution is -0.131. The molecule has 30 heavy (non-hydrogen) atoms. The zero-order chi connectivity index (χ0) is 20.8. The molecule has 0 spiro atoms. The van der Waals surface area contributed by atoms with Gasteiger partial charge in [-0.2, -0.15) is 0 Å². The summed E-state index contributed by atoms with van der Waals surface area (Å²) in [5, 5.41) is 0. The molecule has 0 radical (unpaired) electrons. The van der Waals surface area contributed by atoms with Crippen molar-refractivity contribution in [2.24, 2.45) is 5.92 Å². The van der Waals surface area contributed by atoms with Crippen LogP contribution in [0.2, 0.25) is 0 Å². The van der Waals surface area contributed by atoms with E-state index in [-0.39, 0.29) is 11.7 Å². The molecule has 2 fully saturated rings. The summed E-state index contributed by atoms with van der Waals surface area (Å²) in [6.07, 6.45) is 7.53. The minimum Gasteiger partial charge on any atom is -0.342 e. The lowest BCUT2D eigenvalue weighted by atomic mass is 9.89. The van der Waals surface area contributed by atoms with Gasteiger partial charge in [-0.1, -0.05) is 42.8 Å². The average Bonchev–Trinajstić information content (AvgIpc) is 2.76. The summed E-state index contributed by atoms with van der Waals surface area (Å²) in [5.74, 6) is 0.471. The standard InChI is InChI=1S/C26H33FN2O/c27-25-6-4-5-24(18-25)19-26(30)29-15-11-22(12-16-29)17-21-7-9-23(10-8-21)20-28-13-2-1-3-14-28/h4-10,18,22H,1-3,11-17,19-20H2. The third-order valence-corrected chi connectivity index (χ3v) is 6.61. The molecule has 4 rings (SSSR count). The Morgan fingerprint density at radius 1 is 0.867 bits per heavy atom. The molecule has 2 aromatic rings. The fraction of sp³-hybridized carbons (Fsp3) is 0.500. The van der Waals surface area contributed by atoms with Crippen LogP contribution in [0.4, 0.5) is 4.39 Å². The van der Waals surface area contributed by atoms with Crippen LogP contribution in [0, 0.1) is 11.7 Å². The summed E-state index contributed by atoms with van der Waals surface area (Å²) in [6, 6.07) is 15.5. The Kier molecular flexibility index (Phi) is 7.16. The molecular weight excluding hydrogens is 375 g/mol. The lowest BCUT2D eigenvalue weighted by Crippen LogP contribution is -2.39. The fourth-order valence-corrected chi connectivity index (χ4v) is 4.81. The van der Waals surface area contributed by atoms with Gasteiger partial charge in [-0.15, -0.1) is 0 Å². The van der Waals surface area contributed by atoms with Crippen LogP contribution in [0.3, 0.4) is 0 Å². The topological polar surface area (TPSA) is 23.6 Å². The van der Waals surface area contributed by atoms with Crippen molar-refractivity contribution >= 4 is 5.91 Å². The summed E-state index contributed by atoms with van der Waals surface area (Å²) in [4.78, 5) is 17.1. The van der Waals surface area contributed by atoms with Gasteiger partial charge in [0.05, 0.1) is 6.42 Å². The Hall–Kier alpha value is -2.20. The second kappa shape index (κ2) is 10.2. The maximum Gasteiger partial charge on any atom is 0.226 e. The minimum atomic E-state index is -0.277. The summed E-state index contributed by atoms with van der Waals surface area (Å²) in [6.45, 7) is 5.17. The summed E-state index contributed by atoms with van der Waals surface area (Å²) in [7, 11) is 0. The number of piperidine rings is 2. The van der Waals surface area contributed by atoms with Gasteiger partial charge in [-0.05, 0) is 79.9 Å². The van der Waals surface area contributed by atoms with Gasteiger partial charge >= 0.3 is 0 Å². The maximum absolute atomic E-state index is 13.3. The monoisotopic (exact) mass is 408 g/mol. The van der Waals surface area contributed by atoms with Crippen LogP contribution in [0.15, 0.2) is 48.5 Å². The molecule has 0 unspecified atom stereocenters. The van der Waals surface area contributed by atoms with Crippen molar-refractivity contribution in [3.63, 3.8) is 0 Å². The van der Waals surface area contributed by atoms with E-state index in [0.29, 0.717) is 12.3 Å². The summed E-state index contributed by atoms with van der Waals surface area (Å²) in [5.41, 5.74) is 3.58. The molecule has 0 saturated carbocycles. The normalized spacial score (nSPS) is 18.5. The van der Waals surface area contributed by atoms with Crippen LogP contribution in [-0.2, 0) is 24.2 Å². The minimum absolute atomic E-state index is 0.112. The predicted molar refractivity (Wildman–Crippen MR) is 119 cm³/mol. The van der Waals surface area contributed by atoms with Crippen molar-refractivity contribution in [1.29, 1.82) is 0 Å². The maximum atomic E-state index is 13.3. The zero-order valence-corrected chi connectivity index (χ0v) is 17.9. The molecule has 2 heterocycles. The van der Waals surface area contributed by atoms with Crippen LogP contribution in [-0.4, -0.2) is 41.9 Å². The number of hydrogen-bond donors (Lipinski definition) is 0. The van der Waals surface area contributed by atoms with Crippen molar-refractivity contribution in [3.8, 4) is 0 Å². The van der Waals surface area contributed by atoms with Gasteiger partial charge in [0.15, 0.2) is 0 Å². The quantitative estimate of drug-likeness (QED) is 0.683. The number of amides is 1. The van der Waals surface area contributed by atoms with Crippen LogP contribution in [0.25, 0.3) is 0 Å². The van der Waals surface area contributed by atoms with Gasteiger partial charge in [0.25, 0.3) is 0 Å². The number of halogens is 1. The third kappa shape index (κ3) is 5.91. The molecule has 3 nitrogen and oxygen atoms in total. The van der Waals surface area contributed by atoms with Crippen LogP contribution >= 0.6 is 0 Å². The first-order valence-electron chi connectivity index (χ1n) is 11.5. The largest absolute Gasteiger partial charge is 0.342 e. The molecule has 0 aromatic heterocycles. The first kappa shape index (κ1) is 21.0. The lowest BCUT2D eigenvalue weighted by Gasteiger charge is -2.32. The van der Waals surface area contributed by atoms with E-state index in [4.69, 9.17) is 0 Å². The van der Waals surface area contributed by atoms with Crippen molar-refractivity contribution < 1.29 is 9.18 Å². The molecule has 2 aliphatic heterocycles. The second-order valence-electron chi connectivity index (χ2n) is 8.99. The Morgan fingerprint density at radius 2 is 1.57 bits per heavy atom. The van der Waals surface area contributed by atoms with Gasteiger partial charge in [0.2, 0.25) is 5.91 Å². The smallest absolute Gasteiger partial charge is 0.226 e. The number of benzene rings is 2. The number of carbonyl (C=O) groups excluding carboxylic acids is 1. The molecule has 4 heteroatoms. The number of likely N-dealkylation sites (tertiary alicyclic amines) is 2. The van der Waals surface area contributed by atoms with Crippen molar-refractivity contribution in [2.45, 2.75) is 51.5 Å². The van der Waals surface area contributed by atoms with Gasteiger partial charge in [-0.25, -0.2) is 4.39 Å².